The minimum atomic E-state index is 0.605. The summed E-state index contributed by atoms with van der Waals surface area (Å²) in [5.41, 5.74) is 1.35. The van der Waals surface area contributed by atoms with E-state index in [0.29, 0.717) is 12.1 Å². The van der Waals surface area contributed by atoms with Crippen LogP contribution in [0.2, 0.25) is 5.02 Å². The molecule has 1 aliphatic rings. The Morgan fingerprint density at radius 2 is 2.06 bits per heavy atom. The van der Waals surface area contributed by atoms with Crippen LogP contribution in [-0.2, 0) is 6.54 Å². The fourth-order valence-corrected chi connectivity index (χ4v) is 2.44. The maximum Gasteiger partial charge on any atom is 0.0406 e. The molecular formula is C14H21ClN2. The SMILES string of the molecule is CCC1CN(Cc2ccc(Cl)cc2)C(C)CN1. The molecule has 3 heteroatoms. The number of nitrogens with one attached hydrogen (secondary N) is 1. The van der Waals surface area contributed by atoms with Gasteiger partial charge in [0.2, 0.25) is 0 Å². The van der Waals surface area contributed by atoms with Gasteiger partial charge in [-0.05, 0) is 31.0 Å². The second-order valence-corrected chi connectivity index (χ2v) is 5.35. The highest BCUT2D eigenvalue weighted by molar-refractivity contribution is 6.30. The minimum absolute atomic E-state index is 0.605. The molecule has 0 amide bonds. The van der Waals surface area contributed by atoms with Crippen LogP contribution in [0.4, 0.5) is 0 Å². The van der Waals surface area contributed by atoms with Crippen molar-refractivity contribution in [2.75, 3.05) is 13.1 Å². The van der Waals surface area contributed by atoms with Crippen LogP contribution in [-0.4, -0.2) is 30.1 Å². The summed E-state index contributed by atoms with van der Waals surface area (Å²) < 4.78 is 0. The summed E-state index contributed by atoms with van der Waals surface area (Å²) in [5.74, 6) is 0. The lowest BCUT2D eigenvalue weighted by atomic mass is 10.1. The van der Waals surface area contributed by atoms with Crippen molar-refractivity contribution in [3.05, 3.63) is 34.9 Å². The maximum atomic E-state index is 5.91. The second kappa shape index (κ2) is 5.85. The Kier molecular flexibility index (Phi) is 4.43. The highest BCUT2D eigenvalue weighted by Crippen LogP contribution is 2.15. The van der Waals surface area contributed by atoms with E-state index in [0.717, 1.165) is 24.7 Å². The average Bonchev–Trinajstić information content (AvgIpc) is 2.35. The molecule has 1 N–H and O–H groups in total. The van der Waals surface area contributed by atoms with Crippen LogP contribution >= 0.6 is 11.6 Å². The highest BCUT2D eigenvalue weighted by Gasteiger charge is 2.23. The molecule has 1 aliphatic heterocycles. The van der Waals surface area contributed by atoms with E-state index in [9.17, 15) is 0 Å². The zero-order valence-corrected chi connectivity index (χ0v) is 11.4. The van der Waals surface area contributed by atoms with E-state index in [-0.39, 0.29) is 0 Å². The molecule has 1 fully saturated rings. The third-order valence-corrected chi connectivity index (χ3v) is 3.82. The van der Waals surface area contributed by atoms with Crippen molar-refractivity contribution in [2.45, 2.75) is 38.9 Å². The van der Waals surface area contributed by atoms with E-state index in [1.54, 1.807) is 0 Å². The van der Waals surface area contributed by atoms with Crippen LogP contribution in [0.25, 0.3) is 0 Å². The van der Waals surface area contributed by atoms with Crippen molar-refractivity contribution in [3.63, 3.8) is 0 Å². The van der Waals surface area contributed by atoms with Crippen LogP contribution in [0, 0.1) is 0 Å². The van der Waals surface area contributed by atoms with E-state index in [4.69, 9.17) is 11.6 Å². The zero-order chi connectivity index (χ0) is 12.3. The minimum Gasteiger partial charge on any atom is -0.311 e. The summed E-state index contributed by atoms with van der Waals surface area (Å²) in [4.78, 5) is 2.55. The number of hydrogen-bond donors (Lipinski definition) is 1. The summed E-state index contributed by atoms with van der Waals surface area (Å²) in [6, 6.07) is 9.44. The van der Waals surface area contributed by atoms with Gasteiger partial charge >= 0.3 is 0 Å². The average molecular weight is 253 g/mol. The van der Waals surface area contributed by atoms with E-state index >= 15 is 0 Å². The molecule has 1 saturated heterocycles. The van der Waals surface area contributed by atoms with Gasteiger partial charge in [0.1, 0.15) is 0 Å². The van der Waals surface area contributed by atoms with Crippen LogP contribution in [0.3, 0.4) is 0 Å². The Balaban J connectivity index is 1.98. The molecule has 0 saturated carbocycles. The highest BCUT2D eigenvalue weighted by atomic mass is 35.5. The summed E-state index contributed by atoms with van der Waals surface area (Å²) in [6.45, 7) is 7.78. The normalized spacial score (nSPS) is 26.1. The van der Waals surface area contributed by atoms with Crippen molar-refractivity contribution in [1.82, 2.24) is 10.2 Å². The third kappa shape index (κ3) is 3.44. The first-order chi connectivity index (χ1) is 8.19. The Morgan fingerprint density at radius 1 is 1.35 bits per heavy atom. The van der Waals surface area contributed by atoms with E-state index in [1.807, 2.05) is 12.1 Å². The molecule has 1 aromatic rings. The number of halogens is 1. The molecule has 17 heavy (non-hydrogen) atoms. The number of piperazine rings is 1. The number of nitrogens with zero attached hydrogens (tertiary/aromatic N) is 1. The van der Waals surface area contributed by atoms with Gasteiger partial charge in [-0.25, -0.2) is 0 Å². The molecule has 0 spiro atoms. The van der Waals surface area contributed by atoms with Crippen LogP contribution < -0.4 is 5.32 Å². The molecule has 0 aliphatic carbocycles. The second-order valence-electron chi connectivity index (χ2n) is 4.92. The lowest BCUT2D eigenvalue weighted by Gasteiger charge is -2.38. The van der Waals surface area contributed by atoms with Gasteiger partial charge in [0.05, 0.1) is 0 Å². The van der Waals surface area contributed by atoms with E-state index in [2.05, 4.69) is 36.2 Å². The topological polar surface area (TPSA) is 15.3 Å². The summed E-state index contributed by atoms with van der Waals surface area (Å²) >= 11 is 5.91. The smallest absolute Gasteiger partial charge is 0.0406 e. The summed E-state index contributed by atoms with van der Waals surface area (Å²) in [6.07, 6.45) is 1.20. The molecule has 0 bridgehead atoms. The van der Waals surface area contributed by atoms with Gasteiger partial charge in [-0.3, -0.25) is 4.90 Å². The molecule has 94 valence electrons. The van der Waals surface area contributed by atoms with Crippen molar-refractivity contribution in [2.24, 2.45) is 0 Å². The van der Waals surface area contributed by atoms with Gasteiger partial charge in [0.25, 0.3) is 0 Å². The predicted octanol–water partition coefficient (Wildman–Crippen LogP) is 2.91. The van der Waals surface area contributed by atoms with Gasteiger partial charge in [-0.1, -0.05) is 30.7 Å². The van der Waals surface area contributed by atoms with Gasteiger partial charge in [0.15, 0.2) is 0 Å². The number of rotatable bonds is 3. The number of benzene rings is 1. The Bertz CT molecular complexity index is 350. The Hall–Kier alpha value is -0.570. The van der Waals surface area contributed by atoms with Crippen LogP contribution in [0.5, 0.6) is 0 Å². The Labute approximate surface area is 109 Å². The summed E-state index contributed by atoms with van der Waals surface area (Å²) in [7, 11) is 0. The summed E-state index contributed by atoms with van der Waals surface area (Å²) in [5, 5.41) is 4.39. The van der Waals surface area contributed by atoms with E-state index < -0.39 is 0 Å². The molecular weight excluding hydrogens is 232 g/mol. The first-order valence-corrected chi connectivity index (χ1v) is 6.78. The molecule has 2 rings (SSSR count). The molecule has 2 atom stereocenters. The molecule has 0 radical (unpaired) electrons. The predicted molar refractivity (Wildman–Crippen MR) is 73.4 cm³/mol. The fourth-order valence-electron chi connectivity index (χ4n) is 2.31. The van der Waals surface area contributed by atoms with Gasteiger partial charge in [-0.15, -0.1) is 0 Å². The first-order valence-electron chi connectivity index (χ1n) is 6.41. The quantitative estimate of drug-likeness (QED) is 0.890. The van der Waals surface area contributed by atoms with Crippen molar-refractivity contribution < 1.29 is 0 Å². The standard InChI is InChI=1S/C14H21ClN2/c1-3-14-10-17(11(2)8-16-14)9-12-4-6-13(15)7-5-12/h4-7,11,14,16H,3,8-10H2,1-2H3. The molecule has 2 nitrogen and oxygen atoms in total. The monoisotopic (exact) mass is 252 g/mol. The van der Waals surface area contributed by atoms with Crippen molar-refractivity contribution in [3.8, 4) is 0 Å². The van der Waals surface area contributed by atoms with Crippen LogP contribution in [0.1, 0.15) is 25.8 Å². The van der Waals surface area contributed by atoms with Crippen LogP contribution in [0.15, 0.2) is 24.3 Å². The molecule has 0 aromatic heterocycles. The molecule has 1 aromatic carbocycles. The number of hydrogen-bond acceptors (Lipinski definition) is 2. The lowest BCUT2D eigenvalue weighted by molar-refractivity contribution is 0.131. The molecule has 1 heterocycles. The third-order valence-electron chi connectivity index (χ3n) is 3.57. The largest absolute Gasteiger partial charge is 0.311 e. The van der Waals surface area contributed by atoms with Crippen molar-refractivity contribution >= 4 is 11.6 Å². The first kappa shape index (κ1) is 12.9. The lowest BCUT2D eigenvalue weighted by Crippen LogP contribution is -2.54. The molecule has 2 unspecified atom stereocenters. The van der Waals surface area contributed by atoms with E-state index in [1.165, 1.54) is 12.0 Å². The maximum absolute atomic E-state index is 5.91. The van der Waals surface area contributed by atoms with Gasteiger partial charge in [-0.2, -0.15) is 0 Å². The van der Waals surface area contributed by atoms with Gasteiger partial charge in [0, 0.05) is 36.7 Å². The van der Waals surface area contributed by atoms with Crippen molar-refractivity contribution in [1.29, 1.82) is 0 Å². The Morgan fingerprint density at radius 3 is 2.71 bits per heavy atom. The zero-order valence-electron chi connectivity index (χ0n) is 10.6. The van der Waals surface area contributed by atoms with Gasteiger partial charge < -0.3 is 5.32 Å². The fraction of sp³-hybridized carbons (Fsp3) is 0.571.